The predicted octanol–water partition coefficient (Wildman–Crippen LogP) is 2.09. The number of hydrogen-bond acceptors (Lipinski definition) is 4. The summed E-state index contributed by atoms with van der Waals surface area (Å²) in [5.41, 5.74) is 1.17. The number of methoxy groups -OCH3 is 2. The third-order valence-electron chi connectivity index (χ3n) is 4.40. The SMILES string of the molecule is CN=C(NCc1cccc(OC)c1)NCC1CCCN1CCOC.I. The van der Waals surface area contributed by atoms with Crippen molar-refractivity contribution in [3.63, 3.8) is 0 Å². The van der Waals surface area contributed by atoms with Crippen LogP contribution in [0, 0.1) is 0 Å². The average Bonchev–Trinajstić information content (AvgIpc) is 3.07. The summed E-state index contributed by atoms with van der Waals surface area (Å²) in [5.74, 6) is 1.70. The number of aliphatic imine (C=N–C) groups is 1. The van der Waals surface area contributed by atoms with E-state index in [2.05, 4.69) is 26.6 Å². The number of nitrogens with one attached hydrogen (secondary N) is 2. The summed E-state index contributed by atoms with van der Waals surface area (Å²) < 4.78 is 10.5. The van der Waals surface area contributed by atoms with Gasteiger partial charge in [0.1, 0.15) is 5.75 Å². The van der Waals surface area contributed by atoms with Crippen molar-refractivity contribution >= 4 is 29.9 Å². The second-order valence-electron chi connectivity index (χ2n) is 5.98. The highest BCUT2D eigenvalue weighted by Crippen LogP contribution is 2.16. The topological polar surface area (TPSA) is 58.1 Å². The lowest BCUT2D eigenvalue weighted by Crippen LogP contribution is -2.45. The van der Waals surface area contributed by atoms with Crippen molar-refractivity contribution in [1.29, 1.82) is 0 Å². The molecule has 1 saturated heterocycles. The molecule has 0 radical (unpaired) electrons. The standard InChI is InChI=1S/C18H30N4O2.HI/c1-19-18(20-13-15-6-4-8-17(12-15)24-3)21-14-16-7-5-9-22(16)10-11-23-2;/h4,6,8,12,16H,5,7,9-11,13-14H2,1-3H3,(H2,19,20,21);1H. The van der Waals surface area contributed by atoms with Gasteiger partial charge in [-0.05, 0) is 37.1 Å². The summed E-state index contributed by atoms with van der Waals surface area (Å²) in [6.45, 7) is 4.57. The van der Waals surface area contributed by atoms with Crippen LogP contribution in [0.2, 0.25) is 0 Å². The third-order valence-corrected chi connectivity index (χ3v) is 4.40. The fourth-order valence-corrected chi connectivity index (χ4v) is 3.03. The molecule has 0 spiro atoms. The lowest BCUT2D eigenvalue weighted by molar-refractivity contribution is 0.141. The van der Waals surface area contributed by atoms with Crippen molar-refractivity contribution in [1.82, 2.24) is 15.5 Å². The van der Waals surface area contributed by atoms with E-state index in [1.165, 1.54) is 18.4 Å². The predicted molar refractivity (Wildman–Crippen MR) is 113 cm³/mol. The molecule has 1 atom stereocenters. The van der Waals surface area contributed by atoms with E-state index in [4.69, 9.17) is 9.47 Å². The summed E-state index contributed by atoms with van der Waals surface area (Å²) in [6, 6.07) is 8.61. The van der Waals surface area contributed by atoms with E-state index in [1.807, 2.05) is 18.2 Å². The Labute approximate surface area is 168 Å². The molecule has 0 bridgehead atoms. The van der Waals surface area contributed by atoms with Crippen molar-refractivity contribution in [2.75, 3.05) is 47.5 Å². The number of halogens is 1. The molecule has 2 rings (SSSR count). The molecule has 0 saturated carbocycles. The normalized spacial score (nSPS) is 17.9. The van der Waals surface area contributed by atoms with Crippen molar-refractivity contribution < 1.29 is 9.47 Å². The molecule has 1 aliphatic heterocycles. The minimum Gasteiger partial charge on any atom is -0.497 e. The third kappa shape index (κ3) is 7.37. The number of hydrogen-bond donors (Lipinski definition) is 2. The summed E-state index contributed by atoms with van der Waals surface area (Å²) in [6.07, 6.45) is 2.48. The Morgan fingerprint density at radius 3 is 2.88 bits per heavy atom. The van der Waals surface area contributed by atoms with Crippen LogP contribution < -0.4 is 15.4 Å². The number of ether oxygens (including phenoxy) is 2. The molecule has 0 amide bonds. The van der Waals surface area contributed by atoms with Gasteiger partial charge in [-0.1, -0.05) is 12.1 Å². The van der Waals surface area contributed by atoms with Gasteiger partial charge in [0.25, 0.3) is 0 Å². The number of likely N-dealkylation sites (tertiary alicyclic amines) is 1. The summed E-state index contributed by atoms with van der Waals surface area (Å²) in [7, 11) is 5.25. The quantitative estimate of drug-likeness (QED) is 0.352. The Morgan fingerprint density at radius 1 is 1.32 bits per heavy atom. The fraction of sp³-hybridized carbons (Fsp3) is 0.611. The lowest BCUT2D eigenvalue weighted by atomic mass is 10.2. The highest BCUT2D eigenvalue weighted by molar-refractivity contribution is 14.0. The first-order valence-electron chi connectivity index (χ1n) is 8.57. The molecule has 7 heteroatoms. The molecule has 25 heavy (non-hydrogen) atoms. The number of benzene rings is 1. The van der Waals surface area contributed by atoms with Crippen LogP contribution in [-0.2, 0) is 11.3 Å². The number of guanidine groups is 1. The van der Waals surface area contributed by atoms with E-state index < -0.39 is 0 Å². The first-order chi connectivity index (χ1) is 11.8. The van der Waals surface area contributed by atoms with Gasteiger partial charge in [0.05, 0.1) is 13.7 Å². The molecule has 1 aromatic rings. The Morgan fingerprint density at radius 2 is 2.16 bits per heavy atom. The van der Waals surface area contributed by atoms with Crippen LogP contribution >= 0.6 is 24.0 Å². The highest BCUT2D eigenvalue weighted by Gasteiger charge is 2.23. The Bertz CT molecular complexity index is 528. The molecule has 0 aromatic heterocycles. The second kappa shape index (κ2) is 12.3. The zero-order chi connectivity index (χ0) is 17.2. The van der Waals surface area contributed by atoms with E-state index >= 15 is 0 Å². The molecule has 142 valence electrons. The molecule has 1 aliphatic rings. The highest BCUT2D eigenvalue weighted by atomic mass is 127. The first kappa shape index (κ1) is 22.0. The maximum Gasteiger partial charge on any atom is 0.191 e. The van der Waals surface area contributed by atoms with Gasteiger partial charge in [-0.25, -0.2) is 0 Å². The molecular weight excluding hydrogens is 431 g/mol. The minimum atomic E-state index is 0. The van der Waals surface area contributed by atoms with Crippen molar-refractivity contribution in [2.45, 2.75) is 25.4 Å². The smallest absolute Gasteiger partial charge is 0.191 e. The molecule has 1 unspecified atom stereocenters. The lowest BCUT2D eigenvalue weighted by Gasteiger charge is -2.25. The second-order valence-corrected chi connectivity index (χ2v) is 5.98. The van der Waals surface area contributed by atoms with Gasteiger partial charge in [0.2, 0.25) is 0 Å². The van der Waals surface area contributed by atoms with Gasteiger partial charge in [-0.15, -0.1) is 24.0 Å². The summed E-state index contributed by atoms with van der Waals surface area (Å²) >= 11 is 0. The van der Waals surface area contributed by atoms with Crippen LogP contribution in [0.5, 0.6) is 5.75 Å². The largest absolute Gasteiger partial charge is 0.497 e. The van der Waals surface area contributed by atoms with Crippen LogP contribution in [0.15, 0.2) is 29.3 Å². The van der Waals surface area contributed by atoms with Gasteiger partial charge in [-0.3, -0.25) is 9.89 Å². The van der Waals surface area contributed by atoms with E-state index in [-0.39, 0.29) is 24.0 Å². The molecule has 0 aliphatic carbocycles. The summed E-state index contributed by atoms with van der Waals surface area (Å²) in [4.78, 5) is 6.81. The maximum absolute atomic E-state index is 5.26. The van der Waals surface area contributed by atoms with E-state index in [0.29, 0.717) is 6.04 Å². The first-order valence-corrected chi connectivity index (χ1v) is 8.57. The number of rotatable bonds is 8. The van der Waals surface area contributed by atoms with Crippen molar-refractivity contribution in [3.8, 4) is 5.75 Å². The maximum atomic E-state index is 5.26. The zero-order valence-corrected chi connectivity index (χ0v) is 17.8. The van der Waals surface area contributed by atoms with Gasteiger partial charge in [-0.2, -0.15) is 0 Å². The molecule has 1 aromatic carbocycles. The van der Waals surface area contributed by atoms with Gasteiger partial charge in [0.15, 0.2) is 5.96 Å². The minimum absolute atomic E-state index is 0. The molecule has 1 fully saturated rings. The van der Waals surface area contributed by atoms with Crippen molar-refractivity contribution in [2.24, 2.45) is 4.99 Å². The van der Waals surface area contributed by atoms with E-state index in [0.717, 1.165) is 44.5 Å². The van der Waals surface area contributed by atoms with Crippen LogP contribution in [-0.4, -0.2) is 64.4 Å². The molecule has 6 nitrogen and oxygen atoms in total. The number of nitrogens with zero attached hydrogens (tertiary/aromatic N) is 2. The van der Waals surface area contributed by atoms with E-state index in [9.17, 15) is 0 Å². The Hall–Kier alpha value is -1.06. The molecular formula is C18H31IN4O2. The molecule has 2 N–H and O–H groups in total. The molecule has 1 heterocycles. The Balaban J connectivity index is 0.00000312. The average molecular weight is 462 g/mol. The van der Waals surface area contributed by atoms with Crippen LogP contribution in [0.4, 0.5) is 0 Å². The Kier molecular flexibility index (Phi) is 10.8. The van der Waals surface area contributed by atoms with Crippen LogP contribution in [0.3, 0.4) is 0 Å². The monoisotopic (exact) mass is 462 g/mol. The van der Waals surface area contributed by atoms with Gasteiger partial charge >= 0.3 is 0 Å². The van der Waals surface area contributed by atoms with Crippen LogP contribution in [0.1, 0.15) is 18.4 Å². The van der Waals surface area contributed by atoms with Crippen LogP contribution in [0.25, 0.3) is 0 Å². The zero-order valence-electron chi connectivity index (χ0n) is 15.5. The summed E-state index contributed by atoms with van der Waals surface area (Å²) in [5, 5.41) is 6.80. The van der Waals surface area contributed by atoms with Gasteiger partial charge < -0.3 is 20.1 Å². The fourth-order valence-electron chi connectivity index (χ4n) is 3.03. The van der Waals surface area contributed by atoms with Gasteiger partial charge in [0, 0.05) is 39.8 Å². The van der Waals surface area contributed by atoms with E-state index in [1.54, 1.807) is 21.3 Å². The van der Waals surface area contributed by atoms with Crippen molar-refractivity contribution in [3.05, 3.63) is 29.8 Å².